The Kier molecular flexibility index (Phi) is 2.87. The quantitative estimate of drug-likeness (QED) is 0.758. The summed E-state index contributed by atoms with van der Waals surface area (Å²) in [6, 6.07) is 5.01. The Hall–Kier alpha value is -1.49. The lowest BCUT2D eigenvalue weighted by Gasteiger charge is -2.05. The molecule has 0 unspecified atom stereocenters. The summed E-state index contributed by atoms with van der Waals surface area (Å²) in [5.41, 5.74) is 1.90. The number of alkyl halides is 3. The van der Waals surface area contributed by atoms with Gasteiger partial charge in [-0.2, -0.15) is 9.78 Å². The Bertz CT molecular complexity index is 546. The first-order valence-corrected chi connectivity index (χ1v) is 5.14. The minimum Gasteiger partial charge on any atom is -0.178 e. The van der Waals surface area contributed by atoms with Crippen molar-refractivity contribution in [1.29, 1.82) is 0 Å². The van der Waals surface area contributed by atoms with Crippen LogP contribution < -0.4 is 0 Å². The molecule has 1 heterocycles. The van der Waals surface area contributed by atoms with Crippen LogP contribution in [-0.4, -0.2) is 9.78 Å². The summed E-state index contributed by atoms with van der Waals surface area (Å²) in [4.78, 5) is 0. The monoisotopic (exact) mass is 260 g/mol. The summed E-state index contributed by atoms with van der Waals surface area (Å²) >= 11 is 5.78. The molecule has 17 heavy (non-hydrogen) atoms. The Morgan fingerprint density at radius 2 is 2.00 bits per heavy atom. The summed E-state index contributed by atoms with van der Waals surface area (Å²) < 4.78 is 37.1. The number of rotatable bonds is 1. The topological polar surface area (TPSA) is 17.8 Å². The van der Waals surface area contributed by atoms with E-state index in [1.54, 1.807) is 25.1 Å². The number of nitrogens with zero attached hydrogens (tertiary/aromatic N) is 2. The third-order valence-electron chi connectivity index (χ3n) is 2.34. The highest BCUT2D eigenvalue weighted by atomic mass is 35.5. The minimum absolute atomic E-state index is 0.0175. The number of benzene rings is 1. The van der Waals surface area contributed by atoms with Crippen LogP contribution in [0.3, 0.4) is 0 Å². The maximum atomic E-state index is 12.4. The van der Waals surface area contributed by atoms with Gasteiger partial charge in [0.25, 0.3) is 0 Å². The predicted molar refractivity (Wildman–Crippen MR) is 58.7 cm³/mol. The van der Waals surface area contributed by atoms with Crippen molar-refractivity contribution in [3.8, 4) is 11.1 Å². The molecule has 0 aliphatic carbocycles. The van der Waals surface area contributed by atoms with Gasteiger partial charge in [0, 0.05) is 16.8 Å². The molecule has 1 aromatic carbocycles. The van der Waals surface area contributed by atoms with E-state index in [9.17, 15) is 13.2 Å². The van der Waals surface area contributed by atoms with Gasteiger partial charge in [0.2, 0.25) is 0 Å². The molecule has 90 valence electrons. The van der Waals surface area contributed by atoms with Gasteiger partial charge in [-0.15, -0.1) is 13.2 Å². The molecule has 1 aromatic heterocycles. The van der Waals surface area contributed by atoms with Crippen molar-refractivity contribution in [3.05, 3.63) is 41.2 Å². The summed E-state index contributed by atoms with van der Waals surface area (Å²) in [5, 5.41) is 3.84. The third-order valence-corrected chi connectivity index (χ3v) is 2.58. The zero-order chi connectivity index (χ0) is 12.6. The minimum atomic E-state index is -4.49. The van der Waals surface area contributed by atoms with Crippen LogP contribution in [0.1, 0.15) is 5.56 Å². The van der Waals surface area contributed by atoms with Gasteiger partial charge >= 0.3 is 6.30 Å². The molecule has 0 aliphatic heterocycles. The van der Waals surface area contributed by atoms with Crippen LogP contribution in [-0.2, 0) is 6.30 Å². The van der Waals surface area contributed by atoms with Crippen LogP contribution in [0.25, 0.3) is 11.1 Å². The van der Waals surface area contributed by atoms with Crippen molar-refractivity contribution in [1.82, 2.24) is 9.78 Å². The van der Waals surface area contributed by atoms with Crippen LogP contribution in [0.15, 0.2) is 30.6 Å². The van der Waals surface area contributed by atoms with Gasteiger partial charge in [-0.25, -0.2) is 0 Å². The van der Waals surface area contributed by atoms with Gasteiger partial charge in [-0.1, -0.05) is 17.7 Å². The van der Waals surface area contributed by atoms with E-state index < -0.39 is 6.30 Å². The van der Waals surface area contributed by atoms with Crippen molar-refractivity contribution in [2.24, 2.45) is 0 Å². The maximum absolute atomic E-state index is 12.4. The van der Waals surface area contributed by atoms with Gasteiger partial charge in [-0.3, -0.25) is 0 Å². The number of aryl methyl sites for hydroxylation is 1. The molecule has 2 aromatic rings. The Morgan fingerprint density at radius 1 is 1.29 bits per heavy atom. The number of aromatic nitrogens is 2. The van der Waals surface area contributed by atoms with Crippen molar-refractivity contribution < 1.29 is 13.2 Å². The van der Waals surface area contributed by atoms with Gasteiger partial charge in [0.1, 0.15) is 0 Å². The zero-order valence-electron chi connectivity index (χ0n) is 8.79. The van der Waals surface area contributed by atoms with E-state index in [1.165, 1.54) is 6.20 Å². The molecule has 0 bridgehead atoms. The molecule has 0 N–H and O–H groups in total. The Balaban J connectivity index is 2.44. The molecule has 6 heteroatoms. The van der Waals surface area contributed by atoms with Crippen molar-refractivity contribution in [2.45, 2.75) is 13.2 Å². The van der Waals surface area contributed by atoms with E-state index in [2.05, 4.69) is 5.10 Å². The summed E-state index contributed by atoms with van der Waals surface area (Å²) in [6.07, 6.45) is -2.35. The Labute approximate surface area is 101 Å². The van der Waals surface area contributed by atoms with Crippen molar-refractivity contribution >= 4 is 11.6 Å². The van der Waals surface area contributed by atoms with Gasteiger partial charge in [0.15, 0.2) is 0 Å². The highest BCUT2D eigenvalue weighted by Gasteiger charge is 2.31. The lowest BCUT2D eigenvalue weighted by atomic mass is 10.0. The molecule has 0 saturated heterocycles. The normalized spacial score (nSPS) is 11.8. The highest BCUT2D eigenvalue weighted by Crippen LogP contribution is 2.28. The fourth-order valence-electron chi connectivity index (χ4n) is 1.55. The van der Waals surface area contributed by atoms with Crippen molar-refractivity contribution in [2.75, 3.05) is 0 Å². The average Bonchev–Trinajstić information content (AvgIpc) is 2.65. The highest BCUT2D eigenvalue weighted by molar-refractivity contribution is 6.30. The largest absolute Gasteiger partial charge is 0.504 e. The number of hydrogen-bond acceptors (Lipinski definition) is 1. The van der Waals surface area contributed by atoms with E-state index >= 15 is 0 Å². The summed E-state index contributed by atoms with van der Waals surface area (Å²) in [7, 11) is 0. The standard InChI is InChI=1S/C11H8ClF3N2/c1-7-4-9(12)2-3-10(7)8-5-16-17(6-8)11(13,14)15/h2-6H,1H3. The molecule has 0 atom stereocenters. The second-order valence-electron chi connectivity index (χ2n) is 3.60. The fraction of sp³-hybridized carbons (Fsp3) is 0.182. The lowest BCUT2D eigenvalue weighted by molar-refractivity contribution is -0.212. The first kappa shape index (κ1) is 12.0. The smallest absolute Gasteiger partial charge is 0.178 e. The first-order chi connectivity index (χ1) is 7.88. The van der Waals surface area contributed by atoms with E-state index in [1.807, 2.05) is 0 Å². The molecule has 2 rings (SSSR count). The molecule has 0 saturated carbocycles. The van der Waals surface area contributed by atoms with Crippen LogP contribution in [0.5, 0.6) is 0 Å². The number of hydrogen-bond donors (Lipinski definition) is 0. The van der Waals surface area contributed by atoms with Crippen molar-refractivity contribution in [3.63, 3.8) is 0 Å². The fourth-order valence-corrected chi connectivity index (χ4v) is 1.78. The van der Waals surface area contributed by atoms with E-state index in [-0.39, 0.29) is 4.68 Å². The van der Waals surface area contributed by atoms with Gasteiger partial charge in [-0.05, 0) is 30.2 Å². The second kappa shape index (κ2) is 4.07. The molecule has 2 nitrogen and oxygen atoms in total. The van der Waals surface area contributed by atoms with Gasteiger partial charge < -0.3 is 0 Å². The van der Waals surface area contributed by atoms with Crippen LogP contribution in [0.2, 0.25) is 5.02 Å². The zero-order valence-corrected chi connectivity index (χ0v) is 9.55. The van der Waals surface area contributed by atoms with Crippen LogP contribution >= 0.6 is 11.6 Å². The first-order valence-electron chi connectivity index (χ1n) is 4.76. The molecule has 0 radical (unpaired) electrons. The van der Waals surface area contributed by atoms with E-state index in [0.717, 1.165) is 11.8 Å². The predicted octanol–water partition coefficient (Wildman–Crippen LogP) is 3.99. The Morgan fingerprint density at radius 3 is 2.53 bits per heavy atom. The average molecular weight is 261 g/mol. The van der Waals surface area contributed by atoms with E-state index in [4.69, 9.17) is 11.6 Å². The van der Waals surface area contributed by atoms with Crippen LogP contribution in [0.4, 0.5) is 13.2 Å². The molecular formula is C11H8ClF3N2. The molecular weight excluding hydrogens is 253 g/mol. The van der Waals surface area contributed by atoms with Crippen LogP contribution in [0, 0.1) is 6.92 Å². The van der Waals surface area contributed by atoms with Gasteiger partial charge in [0.05, 0.1) is 6.20 Å². The molecule has 0 spiro atoms. The molecule has 0 fully saturated rings. The molecule has 0 amide bonds. The lowest BCUT2D eigenvalue weighted by Crippen LogP contribution is -2.16. The molecule has 0 aliphatic rings. The summed E-state index contributed by atoms with van der Waals surface area (Å²) in [5.74, 6) is 0. The third kappa shape index (κ3) is 2.44. The van der Waals surface area contributed by atoms with E-state index in [0.29, 0.717) is 16.1 Å². The second-order valence-corrected chi connectivity index (χ2v) is 4.04. The summed E-state index contributed by atoms with van der Waals surface area (Å²) in [6.45, 7) is 1.78. The number of halogens is 4. The maximum Gasteiger partial charge on any atom is 0.504 e. The SMILES string of the molecule is Cc1cc(Cl)ccc1-c1cnn(C(F)(F)F)c1.